The number of hydrogen-bond donors (Lipinski definition) is 2. The zero-order chi connectivity index (χ0) is 15.2. The van der Waals surface area contributed by atoms with Crippen molar-refractivity contribution in [2.75, 3.05) is 6.61 Å². The number of benzene rings is 1. The molecule has 2 atom stereocenters. The molecule has 0 radical (unpaired) electrons. The van der Waals surface area contributed by atoms with Gasteiger partial charge >= 0.3 is 0 Å². The molecule has 0 aliphatic heterocycles. The van der Waals surface area contributed by atoms with Crippen LogP contribution in [0.5, 0.6) is 0 Å². The van der Waals surface area contributed by atoms with Crippen molar-refractivity contribution in [2.45, 2.75) is 19.4 Å². The monoisotopic (exact) mass is 290 g/mol. The van der Waals surface area contributed by atoms with E-state index in [9.17, 15) is 14.6 Å². The molecule has 2 rings (SSSR count). The van der Waals surface area contributed by atoms with E-state index in [2.05, 4.69) is 5.10 Å². The topological polar surface area (TPSA) is 58.3 Å². The summed E-state index contributed by atoms with van der Waals surface area (Å²) < 4.78 is 15.3. The third-order valence-electron chi connectivity index (χ3n) is 3.39. The number of hydrogen-bond acceptors (Lipinski definition) is 3. The predicted molar refractivity (Wildman–Crippen MR) is 79.4 cm³/mol. The van der Waals surface area contributed by atoms with Crippen molar-refractivity contribution in [3.8, 4) is 5.69 Å². The first-order chi connectivity index (χ1) is 10.2. The third kappa shape index (κ3) is 3.56. The summed E-state index contributed by atoms with van der Waals surface area (Å²) in [6.07, 6.45) is 5.00. The molecule has 0 aliphatic carbocycles. The minimum Gasteiger partial charge on any atom is -0.396 e. The summed E-state index contributed by atoms with van der Waals surface area (Å²) in [6.45, 7) is 1.71. The van der Waals surface area contributed by atoms with Crippen LogP contribution in [0.3, 0.4) is 0 Å². The summed E-state index contributed by atoms with van der Waals surface area (Å²) in [6, 6.07) is 8.13. The first kappa shape index (κ1) is 15.4. The largest absolute Gasteiger partial charge is 0.396 e. The van der Waals surface area contributed by atoms with Gasteiger partial charge in [-0.25, -0.2) is 9.07 Å². The van der Waals surface area contributed by atoms with Crippen molar-refractivity contribution in [3.05, 3.63) is 54.1 Å². The number of aromatic nitrogens is 2. The zero-order valence-corrected chi connectivity index (χ0v) is 11.9. The molecule has 2 unspecified atom stereocenters. The highest BCUT2D eigenvalue weighted by atomic mass is 19.1. The van der Waals surface area contributed by atoms with Gasteiger partial charge < -0.3 is 10.2 Å². The van der Waals surface area contributed by atoms with Gasteiger partial charge in [0.1, 0.15) is 11.5 Å². The summed E-state index contributed by atoms with van der Waals surface area (Å²) in [4.78, 5) is 0. The van der Waals surface area contributed by atoms with Gasteiger partial charge in [-0.15, -0.1) is 0 Å². The van der Waals surface area contributed by atoms with Crippen molar-refractivity contribution < 1.29 is 14.6 Å². The molecule has 112 valence electrons. The molecule has 4 nitrogen and oxygen atoms in total. The van der Waals surface area contributed by atoms with Gasteiger partial charge in [-0.3, -0.25) is 0 Å². The Bertz CT molecular complexity index is 610. The standard InChI is InChI=1S/C16H19FN2O2/c1-2-16(21)12(11-20)7-8-13-9-10-18-19(13)15-6-4-3-5-14(15)17/h3-10,12,16,20-21H,2,11H2,1H3/b8-7+. The molecular weight excluding hydrogens is 271 g/mol. The Morgan fingerprint density at radius 3 is 2.76 bits per heavy atom. The Morgan fingerprint density at radius 2 is 2.10 bits per heavy atom. The highest BCUT2D eigenvalue weighted by Crippen LogP contribution is 2.17. The van der Waals surface area contributed by atoms with Crippen LogP contribution in [-0.4, -0.2) is 32.7 Å². The summed E-state index contributed by atoms with van der Waals surface area (Å²) in [5.41, 5.74) is 1.04. The quantitative estimate of drug-likeness (QED) is 0.859. The van der Waals surface area contributed by atoms with E-state index in [4.69, 9.17) is 0 Å². The molecule has 1 aromatic carbocycles. The summed E-state index contributed by atoms with van der Waals surface area (Å²) in [5, 5.41) is 23.2. The van der Waals surface area contributed by atoms with E-state index in [1.54, 1.807) is 42.6 Å². The molecule has 21 heavy (non-hydrogen) atoms. The number of aliphatic hydroxyl groups excluding tert-OH is 2. The molecular formula is C16H19FN2O2. The number of halogens is 1. The van der Waals surface area contributed by atoms with Gasteiger partial charge in [0.25, 0.3) is 0 Å². The van der Waals surface area contributed by atoms with E-state index in [-0.39, 0.29) is 18.3 Å². The molecule has 0 spiro atoms. The van der Waals surface area contributed by atoms with Crippen molar-refractivity contribution >= 4 is 6.08 Å². The normalized spacial score (nSPS) is 14.5. The zero-order valence-electron chi connectivity index (χ0n) is 11.9. The molecule has 0 saturated heterocycles. The molecule has 1 heterocycles. The van der Waals surface area contributed by atoms with Gasteiger partial charge in [0, 0.05) is 5.92 Å². The second-order valence-electron chi connectivity index (χ2n) is 4.80. The molecule has 0 fully saturated rings. The number of para-hydroxylation sites is 1. The summed E-state index contributed by atoms with van der Waals surface area (Å²) in [5.74, 6) is -0.706. The van der Waals surface area contributed by atoms with Gasteiger partial charge in [-0.1, -0.05) is 25.1 Å². The van der Waals surface area contributed by atoms with Crippen LogP contribution in [0.2, 0.25) is 0 Å². The second kappa shape index (κ2) is 7.15. The summed E-state index contributed by atoms with van der Waals surface area (Å²) >= 11 is 0. The first-order valence-electron chi connectivity index (χ1n) is 6.93. The fourth-order valence-corrected chi connectivity index (χ4v) is 2.10. The van der Waals surface area contributed by atoms with Crippen LogP contribution in [-0.2, 0) is 0 Å². The van der Waals surface area contributed by atoms with Crippen LogP contribution in [0, 0.1) is 11.7 Å². The number of nitrogens with zero attached hydrogens (tertiary/aromatic N) is 2. The van der Waals surface area contributed by atoms with Crippen LogP contribution in [0.1, 0.15) is 19.0 Å². The van der Waals surface area contributed by atoms with E-state index < -0.39 is 6.10 Å². The lowest BCUT2D eigenvalue weighted by molar-refractivity contribution is 0.0891. The Labute approximate surface area is 123 Å². The van der Waals surface area contributed by atoms with Gasteiger partial charge in [0.2, 0.25) is 0 Å². The Morgan fingerprint density at radius 1 is 1.33 bits per heavy atom. The molecule has 0 bridgehead atoms. The Balaban J connectivity index is 2.27. The Kier molecular flexibility index (Phi) is 5.25. The lowest BCUT2D eigenvalue weighted by Crippen LogP contribution is -2.20. The molecule has 2 aromatic rings. The van der Waals surface area contributed by atoms with Gasteiger partial charge in [0.15, 0.2) is 0 Å². The molecule has 1 aromatic heterocycles. The van der Waals surface area contributed by atoms with Crippen LogP contribution in [0.15, 0.2) is 42.6 Å². The number of rotatable bonds is 6. The van der Waals surface area contributed by atoms with E-state index in [1.165, 1.54) is 10.7 Å². The van der Waals surface area contributed by atoms with E-state index >= 15 is 0 Å². The maximum atomic E-state index is 13.8. The number of aliphatic hydroxyl groups is 2. The minimum absolute atomic E-state index is 0.140. The van der Waals surface area contributed by atoms with Crippen LogP contribution in [0.4, 0.5) is 4.39 Å². The fourth-order valence-electron chi connectivity index (χ4n) is 2.10. The van der Waals surface area contributed by atoms with E-state index in [0.717, 1.165) is 0 Å². The average Bonchev–Trinajstić information content (AvgIpc) is 2.96. The molecule has 0 saturated carbocycles. The first-order valence-corrected chi connectivity index (χ1v) is 6.93. The summed E-state index contributed by atoms with van der Waals surface area (Å²) in [7, 11) is 0. The van der Waals surface area contributed by atoms with E-state index in [0.29, 0.717) is 17.8 Å². The maximum absolute atomic E-state index is 13.8. The van der Waals surface area contributed by atoms with Crippen LogP contribution >= 0.6 is 0 Å². The Hall–Kier alpha value is -1.98. The predicted octanol–water partition coefficient (Wildman–Crippen LogP) is 2.40. The second-order valence-corrected chi connectivity index (χ2v) is 4.80. The minimum atomic E-state index is -0.601. The highest BCUT2D eigenvalue weighted by Gasteiger charge is 2.14. The SMILES string of the molecule is CCC(O)C(/C=C/c1ccnn1-c1ccccc1F)CO. The average molecular weight is 290 g/mol. The van der Waals surface area contributed by atoms with Gasteiger partial charge in [0.05, 0.1) is 24.6 Å². The molecule has 0 aliphatic rings. The molecule has 0 amide bonds. The van der Waals surface area contributed by atoms with Crippen molar-refractivity contribution in [1.82, 2.24) is 9.78 Å². The van der Waals surface area contributed by atoms with Crippen molar-refractivity contribution in [1.29, 1.82) is 0 Å². The maximum Gasteiger partial charge on any atom is 0.148 e. The lowest BCUT2D eigenvalue weighted by Gasteiger charge is -2.15. The van der Waals surface area contributed by atoms with Crippen molar-refractivity contribution in [3.63, 3.8) is 0 Å². The molecule has 2 N–H and O–H groups in total. The van der Waals surface area contributed by atoms with Gasteiger partial charge in [-0.05, 0) is 30.7 Å². The molecule has 5 heteroatoms. The van der Waals surface area contributed by atoms with Crippen LogP contribution < -0.4 is 0 Å². The highest BCUT2D eigenvalue weighted by molar-refractivity contribution is 5.49. The van der Waals surface area contributed by atoms with E-state index in [1.807, 2.05) is 6.92 Å². The fraction of sp³-hybridized carbons (Fsp3) is 0.312. The van der Waals surface area contributed by atoms with Crippen LogP contribution in [0.25, 0.3) is 11.8 Å². The van der Waals surface area contributed by atoms with Crippen molar-refractivity contribution in [2.24, 2.45) is 5.92 Å². The smallest absolute Gasteiger partial charge is 0.148 e. The van der Waals surface area contributed by atoms with Gasteiger partial charge in [-0.2, -0.15) is 5.10 Å². The third-order valence-corrected chi connectivity index (χ3v) is 3.39. The lowest BCUT2D eigenvalue weighted by atomic mass is 10.0.